The van der Waals surface area contributed by atoms with E-state index >= 15 is 0 Å². The van der Waals surface area contributed by atoms with Gasteiger partial charge in [0.15, 0.2) is 11.1 Å². The number of aromatic nitrogens is 2. The molecule has 0 saturated carbocycles. The van der Waals surface area contributed by atoms with Crippen LogP contribution in [-0.2, 0) is 0 Å². The van der Waals surface area contributed by atoms with Crippen LogP contribution in [0.3, 0.4) is 0 Å². The van der Waals surface area contributed by atoms with E-state index in [1.165, 1.54) is 22.7 Å². The minimum Gasteiger partial charge on any atom is -0.234 e. The van der Waals surface area contributed by atoms with E-state index in [0.29, 0.717) is 9.33 Å². The summed E-state index contributed by atoms with van der Waals surface area (Å²) >= 11 is 2.62. The van der Waals surface area contributed by atoms with E-state index in [1.807, 2.05) is 60.7 Å². The van der Waals surface area contributed by atoms with Crippen LogP contribution in [0.25, 0.3) is 53.1 Å². The summed E-state index contributed by atoms with van der Waals surface area (Å²) in [6.45, 7) is 0. The van der Waals surface area contributed by atoms with Gasteiger partial charge in [-0.2, -0.15) is 21.0 Å². The fourth-order valence-electron chi connectivity index (χ4n) is 3.41. The monoisotopic (exact) mass is 418 g/mol. The molecule has 5 aromatic rings. The van der Waals surface area contributed by atoms with Crippen LogP contribution >= 0.6 is 22.7 Å². The van der Waals surface area contributed by atoms with Crippen LogP contribution in [0.5, 0.6) is 0 Å². The predicted octanol–water partition coefficient (Wildman–Crippen LogP) is 3.61. The Balaban J connectivity index is 1.97. The highest BCUT2D eigenvalue weighted by Crippen LogP contribution is 2.34. The summed E-state index contributed by atoms with van der Waals surface area (Å²) in [4.78, 5) is 9.05. The zero-order chi connectivity index (χ0) is 20.8. The molecule has 0 atom stereocenters. The smallest absolute Gasteiger partial charge is 0.165 e. The molecule has 0 aliphatic heterocycles. The van der Waals surface area contributed by atoms with Gasteiger partial charge in [-0.25, -0.2) is 9.97 Å². The van der Waals surface area contributed by atoms with Crippen molar-refractivity contribution in [1.29, 1.82) is 21.0 Å². The third-order valence-corrected chi connectivity index (χ3v) is 6.81. The molecule has 0 aliphatic carbocycles. The summed E-state index contributed by atoms with van der Waals surface area (Å²) in [6, 6.07) is 19.5. The van der Waals surface area contributed by atoms with Crippen LogP contribution in [0.2, 0.25) is 0 Å². The van der Waals surface area contributed by atoms with Gasteiger partial charge < -0.3 is 0 Å². The number of hydrogen-bond acceptors (Lipinski definition) is 8. The molecular weight excluding hydrogens is 412 g/mol. The standard InChI is InChI=1S/C22H6N6S2/c23-7-13(8-24)21-27-16-5-12-2-1-11-3-4-17-20(19(11)15(12)6-18(16)30-21)28-22(29-17)14(9-25)10-26/h1-6H. The van der Waals surface area contributed by atoms with Crippen LogP contribution in [0.4, 0.5) is 0 Å². The number of hydrogen-bond donors (Lipinski definition) is 0. The molecule has 0 saturated heterocycles. The number of nitriles is 4. The molecule has 0 N–H and O–H groups in total. The largest absolute Gasteiger partial charge is 0.234 e. The Bertz CT molecular complexity index is 1810. The summed E-state index contributed by atoms with van der Waals surface area (Å²) in [5.41, 5.74) is 1.45. The third kappa shape index (κ3) is 2.50. The first kappa shape index (κ1) is 17.7. The minimum absolute atomic E-state index is 0.00449. The lowest BCUT2D eigenvalue weighted by molar-refractivity contribution is 1.40. The highest BCUT2D eigenvalue weighted by Gasteiger charge is 2.12. The molecule has 6 nitrogen and oxygen atoms in total. The van der Waals surface area contributed by atoms with Gasteiger partial charge >= 0.3 is 0 Å². The van der Waals surface area contributed by atoms with Gasteiger partial charge in [-0.3, -0.25) is 0 Å². The maximum absolute atomic E-state index is 9.20. The van der Waals surface area contributed by atoms with Gasteiger partial charge in [-0.1, -0.05) is 18.2 Å². The number of rotatable bonds is 0. The highest BCUT2D eigenvalue weighted by molar-refractivity contribution is 7.17. The van der Waals surface area contributed by atoms with Crippen LogP contribution in [0.1, 0.15) is 0 Å². The van der Waals surface area contributed by atoms with Crippen molar-refractivity contribution in [2.45, 2.75) is 0 Å². The van der Waals surface area contributed by atoms with Gasteiger partial charge in [0.2, 0.25) is 0 Å². The Hall–Kier alpha value is -4.34. The van der Waals surface area contributed by atoms with Crippen molar-refractivity contribution in [1.82, 2.24) is 9.97 Å². The molecule has 0 amide bonds. The molecule has 8 heteroatoms. The Kier molecular flexibility index (Phi) is 3.91. The fraction of sp³-hybridized carbons (Fsp3) is 0. The summed E-state index contributed by atoms with van der Waals surface area (Å²) in [7, 11) is 0. The molecule has 0 bridgehead atoms. The summed E-state index contributed by atoms with van der Waals surface area (Å²) in [5, 5.41) is 40.5. The second-order valence-electron chi connectivity index (χ2n) is 6.35. The molecule has 0 spiro atoms. The van der Waals surface area contributed by atoms with E-state index < -0.39 is 0 Å². The maximum atomic E-state index is 9.20. The van der Waals surface area contributed by atoms with Crippen LogP contribution in [-0.4, -0.2) is 9.97 Å². The van der Waals surface area contributed by atoms with Crippen molar-refractivity contribution in [2.75, 3.05) is 0 Å². The van der Waals surface area contributed by atoms with Crippen molar-refractivity contribution >= 4 is 75.8 Å². The van der Waals surface area contributed by atoms with E-state index in [-0.39, 0.29) is 11.1 Å². The topological polar surface area (TPSA) is 121 Å². The molecule has 2 aromatic heterocycles. The number of nitrogens with zero attached hydrogens (tertiary/aromatic N) is 6. The zero-order valence-corrected chi connectivity index (χ0v) is 16.6. The van der Waals surface area contributed by atoms with Gasteiger partial charge in [-0.05, 0) is 34.4 Å². The molecule has 30 heavy (non-hydrogen) atoms. The first-order chi connectivity index (χ1) is 14.7. The molecule has 0 radical (unpaired) electrons. The van der Waals surface area contributed by atoms with Gasteiger partial charge in [0, 0.05) is 5.39 Å². The number of thiazole rings is 2. The van der Waals surface area contributed by atoms with Crippen LogP contribution in [0, 0.1) is 45.3 Å². The van der Waals surface area contributed by atoms with E-state index in [1.54, 1.807) is 0 Å². The van der Waals surface area contributed by atoms with Gasteiger partial charge in [-0.15, -0.1) is 22.7 Å². The molecule has 0 aliphatic rings. The second kappa shape index (κ2) is 6.62. The Labute approximate surface area is 176 Å². The van der Waals surface area contributed by atoms with Crippen molar-refractivity contribution in [3.8, 4) is 24.3 Å². The molecule has 0 fully saturated rings. The lowest BCUT2D eigenvalue weighted by atomic mass is 10.0. The quantitative estimate of drug-likeness (QED) is 0.354. The SMILES string of the molecule is N#CC(C#N)=c1nc2cc3ccc4ccc5sc(=C(C#N)C#N)nc5c4c3cc2s1. The highest BCUT2D eigenvalue weighted by atomic mass is 32.1. The van der Waals surface area contributed by atoms with Crippen LogP contribution < -0.4 is 9.33 Å². The average Bonchev–Trinajstić information content (AvgIpc) is 3.37. The van der Waals surface area contributed by atoms with E-state index in [2.05, 4.69) is 9.97 Å². The normalized spacial score (nSPS) is 10.5. The van der Waals surface area contributed by atoms with E-state index in [0.717, 1.165) is 42.0 Å². The maximum Gasteiger partial charge on any atom is 0.165 e. The molecule has 5 rings (SSSR count). The lowest BCUT2D eigenvalue weighted by Crippen LogP contribution is -2.00. The fourth-order valence-corrected chi connectivity index (χ4v) is 5.26. The predicted molar refractivity (Wildman–Crippen MR) is 116 cm³/mol. The van der Waals surface area contributed by atoms with Gasteiger partial charge in [0.1, 0.15) is 33.6 Å². The summed E-state index contributed by atoms with van der Waals surface area (Å²) in [6.07, 6.45) is 0. The van der Waals surface area contributed by atoms with Crippen molar-refractivity contribution < 1.29 is 0 Å². The van der Waals surface area contributed by atoms with E-state index in [4.69, 9.17) is 10.5 Å². The number of benzene rings is 3. The molecule has 136 valence electrons. The summed E-state index contributed by atoms with van der Waals surface area (Å²) < 4.78 is 2.56. The number of fused-ring (bicyclic) bond motifs is 6. The van der Waals surface area contributed by atoms with E-state index in [9.17, 15) is 10.5 Å². The van der Waals surface area contributed by atoms with Crippen molar-refractivity contribution in [3.05, 3.63) is 45.7 Å². The second-order valence-corrected chi connectivity index (χ2v) is 8.41. The third-order valence-electron chi connectivity index (χ3n) is 4.74. The Morgan fingerprint density at radius 1 is 0.700 bits per heavy atom. The first-order valence-electron chi connectivity index (χ1n) is 8.58. The molecular formula is C22H6N6S2. The minimum atomic E-state index is -0.00674. The first-order valence-corrected chi connectivity index (χ1v) is 10.2. The molecule has 0 unspecified atom stereocenters. The lowest BCUT2D eigenvalue weighted by Gasteiger charge is -2.05. The zero-order valence-electron chi connectivity index (χ0n) is 15.0. The van der Waals surface area contributed by atoms with Crippen molar-refractivity contribution in [2.24, 2.45) is 0 Å². The van der Waals surface area contributed by atoms with Crippen LogP contribution in [0.15, 0.2) is 36.4 Å². The van der Waals surface area contributed by atoms with Crippen molar-refractivity contribution in [3.63, 3.8) is 0 Å². The Morgan fingerprint density at radius 3 is 2.00 bits per heavy atom. The average molecular weight is 418 g/mol. The van der Waals surface area contributed by atoms with Gasteiger partial charge in [0.25, 0.3) is 0 Å². The Morgan fingerprint density at radius 2 is 1.30 bits per heavy atom. The molecule has 3 aromatic carbocycles. The molecule has 2 heterocycles. The van der Waals surface area contributed by atoms with Gasteiger partial charge in [0.05, 0.1) is 20.4 Å². The summed E-state index contributed by atoms with van der Waals surface area (Å²) in [5.74, 6) is 0.